The van der Waals surface area contributed by atoms with Crippen LogP contribution >= 0.6 is 0 Å². The van der Waals surface area contributed by atoms with Gasteiger partial charge in [-0.1, -0.05) is 18.2 Å². The third-order valence-corrected chi connectivity index (χ3v) is 1.75. The summed E-state index contributed by atoms with van der Waals surface area (Å²) in [5.74, 6) is -0.860. The predicted octanol–water partition coefficient (Wildman–Crippen LogP) is 1.43. The third kappa shape index (κ3) is 0.835. The number of carbonyl (C=O) groups is 1. The summed E-state index contributed by atoms with van der Waals surface area (Å²) in [6, 6.07) is 0. The highest BCUT2D eigenvalue weighted by molar-refractivity contribution is 5.93. The maximum absolute atomic E-state index is 10.5. The van der Waals surface area contributed by atoms with Gasteiger partial charge < -0.3 is 5.11 Å². The molecule has 54 valence electrons. The van der Waals surface area contributed by atoms with E-state index in [1.807, 2.05) is 18.2 Å². The monoisotopic (exact) mass is 146 g/mol. The minimum absolute atomic E-state index is 0.371. The molecule has 2 aliphatic rings. The molecule has 2 rings (SSSR count). The van der Waals surface area contributed by atoms with E-state index in [1.165, 1.54) is 0 Å². The van der Waals surface area contributed by atoms with Crippen LogP contribution in [0.25, 0.3) is 0 Å². The summed E-state index contributed by atoms with van der Waals surface area (Å²) in [5, 5.41) is 8.60. The molecule has 0 spiro atoms. The summed E-state index contributed by atoms with van der Waals surface area (Å²) in [4.78, 5) is 10.5. The van der Waals surface area contributed by atoms with Crippen molar-refractivity contribution >= 4 is 5.97 Å². The molecule has 2 nitrogen and oxygen atoms in total. The van der Waals surface area contributed by atoms with E-state index < -0.39 is 5.97 Å². The van der Waals surface area contributed by atoms with Gasteiger partial charge in [-0.05, 0) is 23.3 Å². The second-order valence-corrected chi connectivity index (χ2v) is 2.49. The van der Waals surface area contributed by atoms with Gasteiger partial charge in [0.1, 0.15) is 0 Å². The number of carboxylic acid groups (broad SMARTS) is 1. The molecule has 0 bridgehead atoms. The van der Waals surface area contributed by atoms with Crippen LogP contribution in [0.4, 0.5) is 0 Å². The molecule has 0 aromatic rings. The first-order valence-corrected chi connectivity index (χ1v) is 3.33. The summed E-state index contributed by atoms with van der Waals surface area (Å²) in [6.45, 7) is 0. The maximum Gasteiger partial charge on any atom is 0.335 e. The Bertz CT molecular complexity index is 341. The summed E-state index contributed by atoms with van der Waals surface area (Å²) < 4.78 is 0. The van der Waals surface area contributed by atoms with Gasteiger partial charge in [0.2, 0.25) is 0 Å². The quantitative estimate of drug-likeness (QED) is 0.607. The lowest BCUT2D eigenvalue weighted by Crippen LogP contribution is -1.94. The molecule has 0 aliphatic heterocycles. The second-order valence-electron chi connectivity index (χ2n) is 2.49. The Hall–Kier alpha value is -1.57. The first-order chi connectivity index (χ1) is 5.27. The molecule has 2 heteroatoms. The molecule has 0 aromatic carbocycles. The summed E-state index contributed by atoms with van der Waals surface area (Å²) >= 11 is 0. The Labute approximate surface area is 63.8 Å². The zero-order valence-corrected chi connectivity index (χ0v) is 5.74. The SMILES string of the molecule is O=C(O)C1=CC2=CC=CC2=C1. The minimum Gasteiger partial charge on any atom is -0.478 e. The molecule has 0 radical (unpaired) electrons. The summed E-state index contributed by atoms with van der Waals surface area (Å²) in [6.07, 6.45) is 9.08. The standard InChI is InChI=1S/C9H6O2/c10-9(11)8-4-6-2-1-3-7(6)5-8/h1-5H,(H,10,11). The van der Waals surface area contributed by atoms with E-state index in [1.54, 1.807) is 12.2 Å². The number of aliphatic carboxylic acids is 1. The lowest BCUT2D eigenvalue weighted by Gasteiger charge is -1.85. The van der Waals surface area contributed by atoms with Crippen molar-refractivity contribution < 1.29 is 9.90 Å². The Kier molecular flexibility index (Phi) is 1.09. The maximum atomic E-state index is 10.5. The molecule has 0 amide bonds. The highest BCUT2D eigenvalue weighted by Crippen LogP contribution is 2.28. The smallest absolute Gasteiger partial charge is 0.335 e. The van der Waals surface area contributed by atoms with Crippen LogP contribution in [0, 0.1) is 0 Å². The summed E-state index contributed by atoms with van der Waals surface area (Å²) in [5.41, 5.74) is 2.38. The number of hydrogen-bond acceptors (Lipinski definition) is 1. The molecular formula is C9H6O2. The fourth-order valence-corrected chi connectivity index (χ4v) is 1.21. The van der Waals surface area contributed by atoms with Gasteiger partial charge in [0.05, 0.1) is 5.57 Å². The minimum atomic E-state index is -0.860. The van der Waals surface area contributed by atoms with E-state index in [0.717, 1.165) is 11.1 Å². The number of rotatable bonds is 1. The first kappa shape index (κ1) is 6.16. The van der Waals surface area contributed by atoms with Gasteiger partial charge in [0.15, 0.2) is 0 Å². The average molecular weight is 146 g/mol. The van der Waals surface area contributed by atoms with Crippen LogP contribution in [0.1, 0.15) is 0 Å². The molecule has 11 heavy (non-hydrogen) atoms. The van der Waals surface area contributed by atoms with Gasteiger partial charge >= 0.3 is 5.97 Å². The Balaban J connectivity index is 2.41. The van der Waals surface area contributed by atoms with E-state index in [-0.39, 0.29) is 0 Å². The lowest BCUT2D eigenvalue weighted by atomic mass is 10.2. The van der Waals surface area contributed by atoms with Gasteiger partial charge in [0.25, 0.3) is 0 Å². The third-order valence-electron chi connectivity index (χ3n) is 1.75. The lowest BCUT2D eigenvalue weighted by molar-refractivity contribution is -0.132. The van der Waals surface area contributed by atoms with E-state index in [2.05, 4.69) is 0 Å². The van der Waals surface area contributed by atoms with Gasteiger partial charge in [-0.25, -0.2) is 4.79 Å². The number of allylic oxidation sites excluding steroid dienone is 6. The predicted molar refractivity (Wildman–Crippen MR) is 41.0 cm³/mol. The Morgan fingerprint density at radius 2 is 2.09 bits per heavy atom. The Morgan fingerprint density at radius 3 is 2.73 bits per heavy atom. The molecule has 2 aliphatic carbocycles. The first-order valence-electron chi connectivity index (χ1n) is 3.33. The van der Waals surface area contributed by atoms with E-state index >= 15 is 0 Å². The van der Waals surface area contributed by atoms with Crippen LogP contribution in [0.2, 0.25) is 0 Å². The van der Waals surface area contributed by atoms with Gasteiger partial charge in [-0.3, -0.25) is 0 Å². The molecule has 1 N–H and O–H groups in total. The average Bonchev–Trinajstić information content (AvgIpc) is 2.40. The van der Waals surface area contributed by atoms with Crippen molar-refractivity contribution in [3.63, 3.8) is 0 Å². The van der Waals surface area contributed by atoms with Gasteiger partial charge in [0, 0.05) is 0 Å². The van der Waals surface area contributed by atoms with E-state index in [9.17, 15) is 4.79 Å². The molecular weight excluding hydrogens is 140 g/mol. The molecule has 0 unspecified atom stereocenters. The van der Waals surface area contributed by atoms with Crippen LogP contribution in [-0.4, -0.2) is 11.1 Å². The van der Waals surface area contributed by atoms with Crippen molar-refractivity contribution in [3.05, 3.63) is 47.1 Å². The van der Waals surface area contributed by atoms with Crippen molar-refractivity contribution in [2.24, 2.45) is 0 Å². The molecule has 0 atom stereocenters. The van der Waals surface area contributed by atoms with Gasteiger partial charge in [-0.2, -0.15) is 0 Å². The molecule has 0 aromatic heterocycles. The largest absolute Gasteiger partial charge is 0.478 e. The molecule has 0 fully saturated rings. The van der Waals surface area contributed by atoms with Crippen molar-refractivity contribution in [1.29, 1.82) is 0 Å². The van der Waals surface area contributed by atoms with Crippen LogP contribution < -0.4 is 0 Å². The number of fused-ring (bicyclic) bond motifs is 1. The molecule has 0 heterocycles. The van der Waals surface area contributed by atoms with E-state index in [4.69, 9.17) is 5.11 Å². The summed E-state index contributed by atoms with van der Waals surface area (Å²) in [7, 11) is 0. The topological polar surface area (TPSA) is 37.3 Å². The zero-order chi connectivity index (χ0) is 7.84. The highest BCUT2D eigenvalue weighted by Gasteiger charge is 2.16. The second kappa shape index (κ2) is 1.95. The Morgan fingerprint density at radius 1 is 1.27 bits per heavy atom. The van der Waals surface area contributed by atoms with Crippen LogP contribution in [0.15, 0.2) is 47.1 Å². The fourth-order valence-electron chi connectivity index (χ4n) is 1.21. The van der Waals surface area contributed by atoms with Gasteiger partial charge in [-0.15, -0.1) is 0 Å². The van der Waals surface area contributed by atoms with Crippen LogP contribution in [-0.2, 0) is 4.79 Å². The van der Waals surface area contributed by atoms with Crippen molar-refractivity contribution in [1.82, 2.24) is 0 Å². The number of carboxylic acids is 1. The van der Waals surface area contributed by atoms with Crippen molar-refractivity contribution in [3.8, 4) is 0 Å². The zero-order valence-electron chi connectivity index (χ0n) is 5.74. The molecule has 0 saturated carbocycles. The number of hydrogen-bond donors (Lipinski definition) is 1. The van der Waals surface area contributed by atoms with E-state index in [0.29, 0.717) is 5.57 Å². The van der Waals surface area contributed by atoms with Crippen LogP contribution in [0.5, 0.6) is 0 Å². The van der Waals surface area contributed by atoms with Crippen LogP contribution in [0.3, 0.4) is 0 Å². The fraction of sp³-hybridized carbons (Fsp3) is 0. The normalized spacial score (nSPS) is 19.1. The highest BCUT2D eigenvalue weighted by atomic mass is 16.4. The molecule has 0 saturated heterocycles. The van der Waals surface area contributed by atoms with Crippen molar-refractivity contribution in [2.75, 3.05) is 0 Å². The van der Waals surface area contributed by atoms with Crippen molar-refractivity contribution in [2.45, 2.75) is 0 Å².